The van der Waals surface area contributed by atoms with Crippen molar-refractivity contribution in [2.75, 3.05) is 5.32 Å². The van der Waals surface area contributed by atoms with Crippen molar-refractivity contribution in [2.45, 2.75) is 9.96 Å². The van der Waals surface area contributed by atoms with Crippen LogP contribution >= 0.6 is 63.0 Å². The molecule has 2 aromatic carbocycles. The zero-order valence-corrected chi connectivity index (χ0v) is 18.5. The second-order valence-corrected chi connectivity index (χ2v) is 9.06. The van der Waals surface area contributed by atoms with Crippen LogP contribution in [0.3, 0.4) is 0 Å². The fourth-order valence-corrected chi connectivity index (χ4v) is 3.00. The van der Waals surface area contributed by atoms with Crippen molar-refractivity contribution in [2.24, 2.45) is 0 Å². The van der Waals surface area contributed by atoms with Crippen LogP contribution in [0.4, 0.5) is 11.4 Å². The predicted octanol–water partition coefficient (Wildman–Crippen LogP) is 4.77. The Kier molecular flexibility index (Phi) is 7.85. The van der Waals surface area contributed by atoms with Crippen molar-refractivity contribution in [1.82, 2.24) is 10.6 Å². The van der Waals surface area contributed by atoms with E-state index in [9.17, 15) is 14.9 Å². The molecular formula is C16H12BrCl3N4O3S. The molecule has 0 radical (unpaired) electrons. The van der Waals surface area contributed by atoms with Crippen LogP contribution in [-0.2, 0) is 0 Å². The number of halogens is 4. The first-order valence-corrected chi connectivity index (χ1v) is 9.85. The molecule has 0 bridgehead atoms. The Morgan fingerprint density at radius 2 is 1.82 bits per heavy atom. The number of nitrogens with zero attached hydrogens (tertiary/aromatic N) is 1. The van der Waals surface area contributed by atoms with Gasteiger partial charge in [-0.25, -0.2) is 0 Å². The summed E-state index contributed by atoms with van der Waals surface area (Å²) in [6.07, 6.45) is -1.18. The molecule has 7 nitrogen and oxygen atoms in total. The molecule has 0 heterocycles. The van der Waals surface area contributed by atoms with Crippen LogP contribution in [0.25, 0.3) is 0 Å². The van der Waals surface area contributed by atoms with Gasteiger partial charge in [-0.3, -0.25) is 14.9 Å². The number of alkyl halides is 3. The number of nitro benzene ring substituents is 1. The molecule has 2 aromatic rings. The lowest BCUT2D eigenvalue weighted by atomic mass is 10.2. The number of nitrogens with one attached hydrogen (secondary N) is 3. The Hall–Kier alpha value is -1.65. The van der Waals surface area contributed by atoms with E-state index in [4.69, 9.17) is 47.0 Å². The quantitative estimate of drug-likeness (QED) is 0.171. The maximum absolute atomic E-state index is 12.4. The smallest absolute Gasteiger partial charge is 0.271 e. The molecule has 3 N–H and O–H groups in total. The van der Waals surface area contributed by atoms with Gasteiger partial charge < -0.3 is 16.0 Å². The zero-order chi connectivity index (χ0) is 20.9. The molecule has 0 aliphatic heterocycles. The van der Waals surface area contributed by atoms with Gasteiger partial charge in [0.15, 0.2) is 5.11 Å². The molecule has 0 fully saturated rings. The van der Waals surface area contributed by atoms with E-state index in [-0.39, 0.29) is 10.8 Å². The highest BCUT2D eigenvalue weighted by Crippen LogP contribution is 2.29. The molecule has 1 amide bonds. The van der Waals surface area contributed by atoms with Crippen LogP contribution in [0.2, 0.25) is 0 Å². The van der Waals surface area contributed by atoms with E-state index in [1.54, 1.807) is 30.3 Å². The molecule has 1 unspecified atom stereocenters. The number of amides is 1. The van der Waals surface area contributed by atoms with Crippen LogP contribution in [0.1, 0.15) is 10.4 Å². The Morgan fingerprint density at radius 3 is 2.43 bits per heavy atom. The number of thiocarbonyl (C=S) groups is 1. The SMILES string of the molecule is O=C(NC(NC(=S)Nc1cccc([N+](=O)[O-])c1)C(Cl)(Cl)Cl)c1cccc(Br)c1. The summed E-state index contributed by atoms with van der Waals surface area (Å²) in [4.78, 5) is 22.7. The molecule has 0 aromatic heterocycles. The van der Waals surface area contributed by atoms with Gasteiger partial charge in [0, 0.05) is 27.9 Å². The maximum atomic E-state index is 12.4. The maximum Gasteiger partial charge on any atom is 0.271 e. The van der Waals surface area contributed by atoms with Crippen LogP contribution < -0.4 is 16.0 Å². The fraction of sp³-hybridized carbons (Fsp3) is 0.125. The third-order valence-electron chi connectivity index (χ3n) is 3.28. The van der Waals surface area contributed by atoms with Gasteiger partial charge in [0.25, 0.3) is 11.6 Å². The summed E-state index contributed by atoms with van der Waals surface area (Å²) >= 11 is 26.3. The number of rotatable bonds is 5. The van der Waals surface area contributed by atoms with Gasteiger partial charge in [-0.2, -0.15) is 0 Å². The fourth-order valence-electron chi connectivity index (χ4n) is 2.04. The molecular weight excluding hydrogens is 515 g/mol. The van der Waals surface area contributed by atoms with Gasteiger partial charge in [0.1, 0.15) is 6.17 Å². The molecule has 0 aliphatic carbocycles. The summed E-state index contributed by atoms with van der Waals surface area (Å²) in [6.45, 7) is 0. The second kappa shape index (κ2) is 9.71. The summed E-state index contributed by atoms with van der Waals surface area (Å²) in [5.74, 6) is -0.497. The molecule has 148 valence electrons. The highest BCUT2D eigenvalue weighted by atomic mass is 79.9. The van der Waals surface area contributed by atoms with Gasteiger partial charge in [-0.15, -0.1) is 0 Å². The largest absolute Gasteiger partial charge is 0.339 e. The van der Waals surface area contributed by atoms with Crippen LogP contribution in [0.5, 0.6) is 0 Å². The Bertz CT molecular complexity index is 911. The van der Waals surface area contributed by atoms with Crippen molar-refractivity contribution in [3.05, 3.63) is 68.7 Å². The van der Waals surface area contributed by atoms with E-state index in [1.807, 2.05) is 0 Å². The first-order chi connectivity index (χ1) is 13.1. The van der Waals surface area contributed by atoms with Gasteiger partial charge in [0.05, 0.1) is 4.92 Å². The number of carbonyl (C=O) groups excluding carboxylic acids is 1. The van der Waals surface area contributed by atoms with Gasteiger partial charge in [-0.1, -0.05) is 62.9 Å². The standard InChI is InChI=1S/C16H12BrCl3N4O3S/c17-10-4-1-3-9(7-10)13(25)22-14(16(18,19)20)23-15(28)21-11-5-2-6-12(8-11)24(26)27/h1-8,14H,(H,22,25)(H2,21,23,28). The first kappa shape index (κ1) is 22.6. The minimum absolute atomic E-state index is 0.00800. The average molecular weight is 527 g/mol. The van der Waals surface area contributed by atoms with Crippen molar-refractivity contribution in [1.29, 1.82) is 0 Å². The monoisotopic (exact) mass is 524 g/mol. The summed E-state index contributed by atoms with van der Waals surface area (Å²) in [7, 11) is 0. The van der Waals surface area contributed by atoms with Crippen molar-refractivity contribution >= 4 is 85.3 Å². The van der Waals surface area contributed by atoms with E-state index in [0.717, 1.165) is 0 Å². The van der Waals surface area contributed by atoms with Crippen LogP contribution in [0, 0.1) is 10.1 Å². The minimum atomic E-state index is -1.93. The molecule has 1 atom stereocenters. The van der Waals surface area contributed by atoms with Crippen molar-refractivity contribution in [3.63, 3.8) is 0 Å². The average Bonchev–Trinajstić information content (AvgIpc) is 2.60. The first-order valence-electron chi connectivity index (χ1n) is 7.51. The second-order valence-electron chi connectivity index (χ2n) is 5.36. The lowest BCUT2D eigenvalue weighted by Gasteiger charge is -2.27. The Labute approximate surface area is 189 Å². The molecule has 28 heavy (non-hydrogen) atoms. The summed E-state index contributed by atoms with van der Waals surface area (Å²) in [5, 5.41) is 18.8. The van der Waals surface area contributed by atoms with E-state index in [2.05, 4.69) is 31.9 Å². The number of benzene rings is 2. The van der Waals surface area contributed by atoms with E-state index in [1.165, 1.54) is 18.2 Å². The van der Waals surface area contributed by atoms with Crippen LogP contribution in [-0.4, -0.2) is 25.9 Å². The molecule has 0 saturated heterocycles. The minimum Gasteiger partial charge on any atom is -0.339 e. The third-order valence-corrected chi connectivity index (χ3v) is 4.65. The number of carbonyl (C=O) groups is 1. The number of anilines is 1. The van der Waals surface area contributed by atoms with Gasteiger partial charge in [-0.05, 0) is 36.5 Å². The highest BCUT2D eigenvalue weighted by Gasteiger charge is 2.35. The molecule has 0 saturated carbocycles. The Morgan fingerprint density at radius 1 is 1.14 bits per heavy atom. The number of non-ortho nitro benzene ring substituents is 1. The van der Waals surface area contributed by atoms with E-state index >= 15 is 0 Å². The highest BCUT2D eigenvalue weighted by molar-refractivity contribution is 9.10. The summed E-state index contributed by atoms with van der Waals surface area (Å²) in [5.41, 5.74) is 0.578. The Balaban J connectivity index is 2.09. The number of nitro groups is 1. The molecule has 0 aliphatic rings. The number of hydrogen-bond acceptors (Lipinski definition) is 4. The van der Waals surface area contributed by atoms with Crippen molar-refractivity contribution in [3.8, 4) is 0 Å². The summed E-state index contributed by atoms with van der Waals surface area (Å²) < 4.78 is -1.22. The summed E-state index contributed by atoms with van der Waals surface area (Å²) in [6, 6.07) is 12.3. The van der Waals surface area contributed by atoms with E-state index in [0.29, 0.717) is 15.7 Å². The third kappa shape index (κ3) is 6.75. The predicted molar refractivity (Wildman–Crippen MR) is 118 cm³/mol. The molecule has 0 spiro atoms. The normalized spacial score (nSPS) is 12.0. The lowest BCUT2D eigenvalue weighted by Crippen LogP contribution is -2.56. The topological polar surface area (TPSA) is 96.3 Å². The molecule has 2 rings (SSSR count). The van der Waals surface area contributed by atoms with Crippen LogP contribution in [0.15, 0.2) is 53.0 Å². The lowest BCUT2D eigenvalue weighted by molar-refractivity contribution is -0.384. The van der Waals surface area contributed by atoms with Crippen molar-refractivity contribution < 1.29 is 9.72 Å². The van der Waals surface area contributed by atoms with Gasteiger partial charge in [0.2, 0.25) is 3.79 Å². The number of hydrogen-bond donors (Lipinski definition) is 3. The van der Waals surface area contributed by atoms with E-state index < -0.39 is 20.8 Å². The molecule has 12 heteroatoms. The van der Waals surface area contributed by atoms with Gasteiger partial charge >= 0.3 is 0 Å². The zero-order valence-electron chi connectivity index (χ0n) is 13.8.